The van der Waals surface area contributed by atoms with Crippen molar-refractivity contribution in [2.45, 2.75) is 198 Å². The van der Waals surface area contributed by atoms with Crippen LogP contribution in [0.5, 0.6) is 0 Å². The Kier molecular flexibility index (Phi) is 21.5. The van der Waals surface area contributed by atoms with Crippen LogP contribution in [0, 0.1) is 0 Å². The van der Waals surface area contributed by atoms with Crippen molar-refractivity contribution in [2.24, 2.45) is 0 Å². The van der Waals surface area contributed by atoms with Gasteiger partial charge >= 0.3 is 18.5 Å². The van der Waals surface area contributed by atoms with E-state index < -0.39 is 46.4 Å². The number of rotatable bonds is 16. The third-order valence-corrected chi connectivity index (χ3v) is 14.6. The summed E-state index contributed by atoms with van der Waals surface area (Å²) in [7, 11) is 0. The molecule has 5 rings (SSSR count). The van der Waals surface area contributed by atoms with E-state index in [0.29, 0.717) is 25.4 Å². The number of hydrogen-bond acceptors (Lipinski definition) is 6. The Morgan fingerprint density at radius 1 is 0.586 bits per heavy atom. The predicted molar refractivity (Wildman–Crippen MR) is 263 cm³/mol. The fraction of sp³-hybridized carbons (Fsp3) is 0.673. The molecule has 0 aromatic heterocycles. The summed E-state index contributed by atoms with van der Waals surface area (Å²) in [6, 6.07) is 17.0. The zero-order valence-corrected chi connectivity index (χ0v) is 43.4. The molecule has 3 aromatic rings. The molecule has 2 heterocycles. The van der Waals surface area contributed by atoms with Crippen LogP contribution in [0.15, 0.2) is 72.8 Å². The maximum absolute atomic E-state index is 12.7. The van der Waals surface area contributed by atoms with Crippen molar-refractivity contribution in [3.8, 4) is 0 Å². The third kappa shape index (κ3) is 20.0. The van der Waals surface area contributed by atoms with Crippen LogP contribution < -0.4 is 5.32 Å². The average molecular weight is 1000 g/mol. The molecule has 2 aliphatic rings. The van der Waals surface area contributed by atoms with Crippen LogP contribution in [0.2, 0.25) is 0 Å². The van der Waals surface area contributed by atoms with Gasteiger partial charge in [0.25, 0.3) is 0 Å². The summed E-state index contributed by atoms with van der Waals surface area (Å²) in [5.41, 5.74) is -0.892. The summed E-state index contributed by atoms with van der Waals surface area (Å²) < 4.78 is 114. The lowest BCUT2D eigenvalue weighted by Crippen LogP contribution is -2.43. The zero-order valence-electron chi connectivity index (χ0n) is 43.4. The van der Waals surface area contributed by atoms with Gasteiger partial charge in [-0.05, 0) is 168 Å². The lowest BCUT2D eigenvalue weighted by molar-refractivity contribution is -0.138. The number of halogens is 9. The number of aliphatic hydroxyl groups is 3. The van der Waals surface area contributed by atoms with Crippen LogP contribution >= 0.6 is 0 Å². The van der Waals surface area contributed by atoms with Crippen molar-refractivity contribution in [3.05, 3.63) is 106 Å². The quantitative estimate of drug-likeness (QED) is 0.107. The fourth-order valence-corrected chi connectivity index (χ4v) is 9.20. The summed E-state index contributed by atoms with van der Waals surface area (Å²) in [5, 5.41) is 33.0. The first-order valence-corrected chi connectivity index (χ1v) is 24.8. The van der Waals surface area contributed by atoms with Gasteiger partial charge in [0.05, 0.1) is 34.0 Å². The highest BCUT2D eigenvalue weighted by molar-refractivity contribution is 5.32. The first kappa shape index (κ1) is 61.1. The second kappa shape index (κ2) is 24.7. The Labute approximate surface area is 412 Å². The molecule has 0 amide bonds. The van der Waals surface area contributed by atoms with Gasteiger partial charge in [-0.1, -0.05) is 84.9 Å². The van der Waals surface area contributed by atoms with Crippen molar-refractivity contribution in [1.29, 1.82) is 0 Å². The van der Waals surface area contributed by atoms with E-state index in [4.69, 9.17) is 0 Å². The van der Waals surface area contributed by atoms with Gasteiger partial charge in [0.2, 0.25) is 0 Å². The number of alkyl halides is 9. The van der Waals surface area contributed by atoms with Crippen LogP contribution in [0.4, 0.5) is 39.5 Å². The fourth-order valence-electron chi connectivity index (χ4n) is 9.20. The Hall–Kier alpha value is -3.21. The Morgan fingerprint density at radius 2 is 0.943 bits per heavy atom. The van der Waals surface area contributed by atoms with E-state index in [1.54, 1.807) is 36.4 Å². The second-order valence-electron chi connectivity index (χ2n) is 22.4. The minimum Gasteiger partial charge on any atom is -0.393 e. The summed E-state index contributed by atoms with van der Waals surface area (Å²) in [6.45, 7) is 27.3. The molecule has 70 heavy (non-hydrogen) atoms. The van der Waals surface area contributed by atoms with Gasteiger partial charge in [-0.3, -0.25) is 0 Å². The predicted octanol–water partition coefficient (Wildman–Crippen LogP) is 13.3. The number of hydrogen-bond donors (Lipinski definition) is 4. The van der Waals surface area contributed by atoms with Crippen molar-refractivity contribution in [1.82, 2.24) is 15.1 Å². The molecule has 3 unspecified atom stereocenters. The summed E-state index contributed by atoms with van der Waals surface area (Å²) in [5.74, 6) is 0. The lowest BCUT2D eigenvalue weighted by Gasteiger charge is -2.38. The molecule has 3 atom stereocenters. The maximum Gasteiger partial charge on any atom is 0.416 e. The number of benzene rings is 3. The van der Waals surface area contributed by atoms with E-state index in [0.717, 1.165) is 119 Å². The van der Waals surface area contributed by atoms with Gasteiger partial charge in [-0.2, -0.15) is 39.5 Å². The molecule has 2 saturated heterocycles. The molecule has 4 N–H and O–H groups in total. The molecule has 3 aromatic carbocycles. The molecule has 2 fully saturated rings. The van der Waals surface area contributed by atoms with Crippen LogP contribution in [0.25, 0.3) is 0 Å². The van der Waals surface area contributed by atoms with E-state index in [-0.39, 0.29) is 28.4 Å². The van der Waals surface area contributed by atoms with Crippen molar-refractivity contribution < 1.29 is 54.8 Å². The van der Waals surface area contributed by atoms with Crippen LogP contribution in [-0.4, -0.2) is 93.8 Å². The summed E-state index contributed by atoms with van der Waals surface area (Å²) in [4.78, 5) is 4.68. The minimum atomic E-state index is -4.30. The summed E-state index contributed by atoms with van der Waals surface area (Å²) >= 11 is 0. The molecule has 0 spiro atoms. The lowest BCUT2D eigenvalue weighted by atomic mass is 9.78. The third-order valence-electron chi connectivity index (χ3n) is 14.6. The molecule has 0 saturated carbocycles. The Morgan fingerprint density at radius 3 is 1.31 bits per heavy atom. The van der Waals surface area contributed by atoms with Crippen molar-refractivity contribution >= 4 is 0 Å². The molecular formula is C55H82F9N3O3. The number of aliphatic hydroxyl groups excluding tert-OH is 1. The highest BCUT2D eigenvalue weighted by atomic mass is 19.4. The van der Waals surface area contributed by atoms with Crippen LogP contribution in [0.1, 0.15) is 167 Å². The maximum atomic E-state index is 12.7. The molecule has 0 bridgehead atoms. The van der Waals surface area contributed by atoms with Crippen molar-refractivity contribution in [2.75, 3.05) is 39.3 Å². The van der Waals surface area contributed by atoms with E-state index >= 15 is 0 Å². The van der Waals surface area contributed by atoms with Crippen LogP contribution in [-0.2, 0) is 34.8 Å². The first-order chi connectivity index (χ1) is 32.0. The Balaban J connectivity index is 0.000000278. The minimum absolute atomic E-state index is 0.176. The number of piperidine rings is 2. The zero-order chi connectivity index (χ0) is 53.1. The number of likely N-dealkylation sites (tertiary alicyclic amines) is 2. The second-order valence-corrected chi connectivity index (χ2v) is 22.4. The average Bonchev–Trinajstić information content (AvgIpc) is 3.25. The van der Waals surface area contributed by atoms with E-state index in [1.165, 1.54) is 12.1 Å². The smallest absolute Gasteiger partial charge is 0.393 e. The van der Waals surface area contributed by atoms with Crippen LogP contribution in [0.3, 0.4) is 0 Å². The first-order valence-electron chi connectivity index (χ1n) is 24.8. The number of nitrogens with one attached hydrogen (secondary N) is 1. The normalized spacial score (nSPS) is 18.7. The molecule has 2 aliphatic heterocycles. The summed E-state index contributed by atoms with van der Waals surface area (Å²) in [6.07, 6.45) is -6.00. The van der Waals surface area contributed by atoms with Gasteiger partial charge < -0.3 is 30.4 Å². The molecule has 0 aliphatic carbocycles. The van der Waals surface area contributed by atoms with Gasteiger partial charge in [0, 0.05) is 38.3 Å². The molecule has 0 radical (unpaired) electrons. The molecule has 398 valence electrons. The van der Waals surface area contributed by atoms with E-state index in [9.17, 15) is 54.8 Å². The topological polar surface area (TPSA) is 79.2 Å². The van der Waals surface area contributed by atoms with Gasteiger partial charge in [-0.15, -0.1) is 0 Å². The highest BCUT2D eigenvalue weighted by Crippen LogP contribution is 2.37. The van der Waals surface area contributed by atoms with E-state index in [1.807, 2.05) is 34.6 Å². The van der Waals surface area contributed by atoms with Crippen molar-refractivity contribution in [3.63, 3.8) is 0 Å². The van der Waals surface area contributed by atoms with Gasteiger partial charge in [0.1, 0.15) is 0 Å². The molecular weight excluding hydrogens is 922 g/mol. The van der Waals surface area contributed by atoms with E-state index in [2.05, 4.69) is 56.7 Å². The molecule has 6 nitrogen and oxygen atoms in total. The number of nitrogens with zero attached hydrogens (tertiary/aromatic N) is 2. The largest absolute Gasteiger partial charge is 0.416 e. The Bertz CT molecular complexity index is 1980. The SMILES string of the molecule is CC(CC(C)(C)c1ccc(C(F)(F)F)cc1)N1CCC(O)CC1.CC1(O)CCN(CCC(C)(C)c2ccc(C(F)(F)F)cc2)CC1.CCC(C)(O)CCNC(C)CC(C)(C)c1ccc(C(F)(F)F)cc1. The standard InChI is InChI=1S/C19H30F3NO.2C18H26F3NO/c1-6-18(5,24)11-12-23-14(2)13-17(3,4)15-7-9-16(10-8-15)19(20,21)22;1-16(2,8-11-22-12-9-17(3,23)10-13-22)14-4-6-15(7-5-14)18(19,20)21;1-13(22-10-8-16(23)9-11-22)12-17(2,3)14-4-6-15(7-5-14)18(19,20)21/h7-10,14,23-24H,6,11-13H2,1-5H3;4-7,23H,8-13H2,1-3H3;4-7,13,16,23H,8-12H2,1-3H3. The highest BCUT2D eigenvalue weighted by Gasteiger charge is 2.35. The monoisotopic (exact) mass is 1000 g/mol. The molecule has 15 heteroatoms. The van der Waals surface area contributed by atoms with Gasteiger partial charge in [-0.25, -0.2) is 0 Å². The van der Waals surface area contributed by atoms with Gasteiger partial charge in [0.15, 0.2) is 0 Å².